The van der Waals surface area contributed by atoms with Gasteiger partial charge in [-0.1, -0.05) is 13.8 Å². The maximum Gasteiger partial charge on any atom is 0.257 e. The molecule has 1 N–H and O–H groups in total. The number of halogens is 1. The molecule has 0 aromatic carbocycles. The maximum atomic E-state index is 14.3. The normalized spacial score (nSPS) is 12.1. The molecule has 0 fully saturated rings. The Morgan fingerprint density at radius 1 is 1.45 bits per heavy atom. The van der Waals surface area contributed by atoms with E-state index in [4.69, 9.17) is 0 Å². The average molecular weight is 281 g/mol. The van der Waals surface area contributed by atoms with E-state index in [1.54, 1.807) is 4.90 Å². The zero-order valence-electron chi connectivity index (χ0n) is 12.7. The fourth-order valence-corrected chi connectivity index (χ4v) is 2.01. The molecule has 0 saturated carbocycles. The van der Waals surface area contributed by atoms with Crippen molar-refractivity contribution in [3.8, 4) is 0 Å². The molecule has 0 radical (unpaired) electrons. The first-order valence-electron chi connectivity index (χ1n) is 7.26. The highest BCUT2D eigenvalue weighted by Gasteiger charge is 2.23. The number of anilines is 1. The van der Waals surface area contributed by atoms with E-state index >= 15 is 0 Å². The van der Waals surface area contributed by atoms with E-state index in [1.807, 2.05) is 27.7 Å². The third-order valence-corrected chi connectivity index (χ3v) is 3.39. The summed E-state index contributed by atoms with van der Waals surface area (Å²) in [7, 11) is 0. The lowest BCUT2D eigenvalue weighted by molar-refractivity contribution is 0.0695. The minimum absolute atomic E-state index is 0.0840. The number of pyridine rings is 1. The number of nitrogens with one attached hydrogen (secondary N) is 1. The standard InChI is InChI=1S/C15H24FN3O/c1-5-9-17-14-13(16)12(8-10-18-14)15(20)19(7-3)11(4)6-2/h8,10-11H,5-7,9H2,1-4H3,(H,17,18). The van der Waals surface area contributed by atoms with Crippen molar-refractivity contribution in [3.63, 3.8) is 0 Å². The summed E-state index contributed by atoms with van der Waals surface area (Å²) in [6.45, 7) is 9.06. The Hall–Kier alpha value is -1.65. The van der Waals surface area contributed by atoms with Crippen LogP contribution in [0.25, 0.3) is 0 Å². The van der Waals surface area contributed by atoms with Gasteiger partial charge in [-0.3, -0.25) is 4.79 Å². The van der Waals surface area contributed by atoms with Crippen LogP contribution < -0.4 is 5.32 Å². The van der Waals surface area contributed by atoms with Gasteiger partial charge in [0.15, 0.2) is 11.6 Å². The number of nitrogens with zero attached hydrogens (tertiary/aromatic N) is 2. The van der Waals surface area contributed by atoms with Crippen LogP contribution >= 0.6 is 0 Å². The smallest absolute Gasteiger partial charge is 0.257 e. The van der Waals surface area contributed by atoms with E-state index in [2.05, 4.69) is 10.3 Å². The molecule has 112 valence electrons. The Bertz CT molecular complexity index is 451. The summed E-state index contributed by atoms with van der Waals surface area (Å²) in [5.41, 5.74) is 0.0840. The van der Waals surface area contributed by atoms with Crippen LogP contribution in [0.1, 0.15) is 50.9 Å². The van der Waals surface area contributed by atoms with Gasteiger partial charge < -0.3 is 10.2 Å². The third kappa shape index (κ3) is 3.68. The Labute approximate surface area is 120 Å². The Morgan fingerprint density at radius 3 is 2.70 bits per heavy atom. The molecule has 1 aromatic rings. The molecule has 1 heterocycles. The molecule has 1 unspecified atom stereocenters. The van der Waals surface area contributed by atoms with Crippen molar-refractivity contribution in [2.24, 2.45) is 0 Å². The Balaban J connectivity index is 3.03. The number of carbonyl (C=O) groups is 1. The van der Waals surface area contributed by atoms with Gasteiger partial charge in [-0.25, -0.2) is 9.37 Å². The predicted octanol–water partition coefficient (Wildman–Crippen LogP) is 3.30. The van der Waals surface area contributed by atoms with E-state index < -0.39 is 5.82 Å². The zero-order valence-corrected chi connectivity index (χ0v) is 12.7. The van der Waals surface area contributed by atoms with E-state index in [0.29, 0.717) is 13.1 Å². The molecule has 1 aromatic heterocycles. The molecule has 0 saturated heterocycles. The van der Waals surface area contributed by atoms with Gasteiger partial charge >= 0.3 is 0 Å². The van der Waals surface area contributed by atoms with Crippen LogP contribution in [0.4, 0.5) is 10.2 Å². The van der Waals surface area contributed by atoms with Crippen molar-refractivity contribution in [2.75, 3.05) is 18.4 Å². The van der Waals surface area contributed by atoms with Gasteiger partial charge in [-0.05, 0) is 32.8 Å². The van der Waals surface area contributed by atoms with Crippen molar-refractivity contribution >= 4 is 11.7 Å². The largest absolute Gasteiger partial charge is 0.368 e. The molecular formula is C15H24FN3O. The number of amides is 1. The van der Waals surface area contributed by atoms with Gasteiger partial charge in [0.05, 0.1) is 5.56 Å². The fourth-order valence-electron chi connectivity index (χ4n) is 2.01. The Kier molecular flexibility index (Phi) is 6.42. The molecule has 0 aliphatic rings. The lowest BCUT2D eigenvalue weighted by atomic mass is 10.1. The molecule has 0 bridgehead atoms. The van der Waals surface area contributed by atoms with Crippen molar-refractivity contribution in [1.29, 1.82) is 0 Å². The quantitative estimate of drug-likeness (QED) is 0.834. The number of aromatic nitrogens is 1. The number of rotatable bonds is 7. The summed E-state index contributed by atoms with van der Waals surface area (Å²) < 4.78 is 14.3. The maximum absolute atomic E-state index is 14.3. The van der Waals surface area contributed by atoms with E-state index in [-0.39, 0.29) is 23.3 Å². The van der Waals surface area contributed by atoms with Gasteiger partial charge in [-0.2, -0.15) is 0 Å². The monoisotopic (exact) mass is 281 g/mol. The van der Waals surface area contributed by atoms with Crippen LogP contribution in [0.3, 0.4) is 0 Å². The molecule has 0 aliphatic carbocycles. The lowest BCUT2D eigenvalue weighted by Crippen LogP contribution is -2.38. The summed E-state index contributed by atoms with van der Waals surface area (Å²) in [5, 5.41) is 2.90. The summed E-state index contributed by atoms with van der Waals surface area (Å²) in [5.74, 6) is -0.688. The van der Waals surface area contributed by atoms with Gasteiger partial charge in [0, 0.05) is 25.3 Å². The number of carbonyl (C=O) groups excluding carboxylic acids is 1. The minimum Gasteiger partial charge on any atom is -0.368 e. The van der Waals surface area contributed by atoms with E-state index in [0.717, 1.165) is 12.8 Å². The van der Waals surface area contributed by atoms with Crippen molar-refractivity contribution < 1.29 is 9.18 Å². The predicted molar refractivity (Wildman–Crippen MR) is 79.4 cm³/mol. The second-order valence-electron chi connectivity index (χ2n) is 4.80. The molecule has 0 aliphatic heterocycles. The summed E-state index contributed by atoms with van der Waals surface area (Å²) >= 11 is 0. The number of hydrogen-bond acceptors (Lipinski definition) is 3. The van der Waals surface area contributed by atoms with Crippen LogP contribution in [0.15, 0.2) is 12.3 Å². The van der Waals surface area contributed by atoms with Crippen LogP contribution in [0, 0.1) is 5.82 Å². The fraction of sp³-hybridized carbons (Fsp3) is 0.600. The molecule has 4 nitrogen and oxygen atoms in total. The highest BCUT2D eigenvalue weighted by atomic mass is 19.1. The van der Waals surface area contributed by atoms with Gasteiger partial charge in [0.25, 0.3) is 5.91 Å². The van der Waals surface area contributed by atoms with E-state index in [9.17, 15) is 9.18 Å². The highest BCUT2D eigenvalue weighted by Crippen LogP contribution is 2.18. The second-order valence-corrected chi connectivity index (χ2v) is 4.80. The Morgan fingerprint density at radius 2 is 2.15 bits per heavy atom. The number of hydrogen-bond donors (Lipinski definition) is 1. The molecule has 1 rings (SSSR count). The molecule has 20 heavy (non-hydrogen) atoms. The van der Waals surface area contributed by atoms with Crippen LogP contribution in [0.5, 0.6) is 0 Å². The molecule has 5 heteroatoms. The summed E-state index contributed by atoms with van der Waals surface area (Å²) in [4.78, 5) is 18.1. The van der Waals surface area contributed by atoms with E-state index in [1.165, 1.54) is 12.3 Å². The first-order chi connectivity index (χ1) is 9.56. The van der Waals surface area contributed by atoms with Gasteiger partial charge in [0.2, 0.25) is 0 Å². The molecular weight excluding hydrogens is 257 g/mol. The topological polar surface area (TPSA) is 45.2 Å². The van der Waals surface area contributed by atoms with Crippen LogP contribution in [-0.2, 0) is 0 Å². The van der Waals surface area contributed by atoms with Crippen molar-refractivity contribution in [3.05, 3.63) is 23.6 Å². The second kappa shape index (κ2) is 7.82. The lowest BCUT2D eigenvalue weighted by Gasteiger charge is -2.27. The van der Waals surface area contributed by atoms with Crippen molar-refractivity contribution in [2.45, 2.75) is 46.6 Å². The highest BCUT2D eigenvalue weighted by molar-refractivity contribution is 5.95. The van der Waals surface area contributed by atoms with Gasteiger partial charge in [-0.15, -0.1) is 0 Å². The molecule has 1 amide bonds. The first-order valence-corrected chi connectivity index (χ1v) is 7.26. The van der Waals surface area contributed by atoms with Crippen LogP contribution in [-0.4, -0.2) is 34.9 Å². The summed E-state index contributed by atoms with van der Waals surface area (Å²) in [6, 6.07) is 1.53. The van der Waals surface area contributed by atoms with Crippen LogP contribution in [0.2, 0.25) is 0 Å². The zero-order chi connectivity index (χ0) is 15.1. The average Bonchev–Trinajstić information content (AvgIpc) is 2.46. The third-order valence-electron chi connectivity index (χ3n) is 3.39. The first kappa shape index (κ1) is 16.4. The SMILES string of the molecule is CCCNc1nccc(C(=O)N(CC)C(C)CC)c1F. The molecule has 0 spiro atoms. The molecule has 1 atom stereocenters. The summed E-state index contributed by atoms with van der Waals surface area (Å²) in [6.07, 6.45) is 3.18. The van der Waals surface area contributed by atoms with Crippen molar-refractivity contribution in [1.82, 2.24) is 9.88 Å². The minimum atomic E-state index is -0.562. The van der Waals surface area contributed by atoms with Gasteiger partial charge in [0.1, 0.15) is 0 Å².